The molecule has 0 bridgehead atoms. The van der Waals surface area contributed by atoms with Crippen LogP contribution < -0.4 is 15.8 Å². The minimum Gasteiger partial charge on any atom is -0.494 e. The summed E-state index contributed by atoms with van der Waals surface area (Å²) in [5, 5.41) is 3.07. The molecule has 0 amide bonds. The molecule has 1 heterocycles. The highest BCUT2D eigenvalue weighted by atomic mass is 16.5. The Morgan fingerprint density at radius 3 is 3.12 bits per heavy atom. The molecule has 3 N–H and O–H groups in total. The number of hydrogen-bond donors (Lipinski definition) is 2. The maximum Gasteiger partial charge on any atom is 0.188 e. The van der Waals surface area contributed by atoms with Crippen LogP contribution in [0.25, 0.3) is 0 Å². The summed E-state index contributed by atoms with van der Waals surface area (Å²) in [7, 11) is 0. The molecule has 0 aliphatic carbocycles. The highest BCUT2D eigenvalue weighted by Crippen LogP contribution is 2.22. The average molecular weight is 219 g/mol. The van der Waals surface area contributed by atoms with Gasteiger partial charge in [0.1, 0.15) is 5.75 Å². The standard InChI is InChI=1S/C12H17N3O/c1-2-16-11-5-3-4-9(6-11)10-7-14-12(13)15-8-10/h3-6,10H,2,7-8H2,1H3,(H3,13,14,15). The molecule has 0 radical (unpaired) electrons. The van der Waals surface area contributed by atoms with Gasteiger partial charge >= 0.3 is 0 Å². The summed E-state index contributed by atoms with van der Waals surface area (Å²) >= 11 is 0. The number of ether oxygens (including phenoxy) is 1. The monoisotopic (exact) mass is 219 g/mol. The maximum absolute atomic E-state index is 5.57. The van der Waals surface area contributed by atoms with Crippen LogP contribution in [0.4, 0.5) is 0 Å². The van der Waals surface area contributed by atoms with E-state index in [-0.39, 0.29) is 0 Å². The van der Waals surface area contributed by atoms with Crippen LogP contribution >= 0.6 is 0 Å². The normalized spacial score (nSPS) is 19.8. The highest BCUT2D eigenvalue weighted by Gasteiger charge is 2.15. The predicted molar refractivity (Wildman–Crippen MR) is 64.8 cm³/mol. The molecular weight excluding hydrogens is 202 g/mol. The van der Waals surface area contributed by atoms with Gasteiger partial charge in [0.2, 0.25) is 0 Å². The molecule has 0 saturated heterocycles. The number of guanidine groups is 1. The van der Waals surface area contributed by atoms with E-state index < -0.39 is 0 Å². The van der Waals surface area contributed by atoms with Gasteiger partial charge in [0, 0.05) is 12.5 Å². The average Bonchev–Trinajstić information content (AvgIpc) is 2.31. The molecule has 1 aliphatic rings. The van der Waals surface area contributed by atoms with Crippen molar-refractivity contribution in [2.45, 2.75) is 12.8 Å². The molecule has 0 saturated carbocycles. The Labute approximate surface area is 95.5 Å². The van der Waals surface area contributed by atoms with E-state index in [0.717, 1.165) is 18.8 Å². The number of nitrogens with one attached hydrogen (secondary N) is 1. The summed E-state index contributed by atoms with van der Waals surface area (Å²) in [6.07, 6.45) is 0. The lowest BCUT2D eigenvalue weighted by Gasteiger charge is -2.21. The molecule has 1 unspecified atom stereocenters. The Hall–Kier alpha value is -1.71. The Morgan fingerprint density at radius 2 is 2.44 bits per heavy atom. The van der Waals surface area contributed by atoms with Crippen molar-refractivity contribution in [3.8, 4) is 5.75 Å². The van der Waals surface area contributed by atoms with Gasteiger partial charge in [-0.1, -0.05) is 12.1 Å². The Kier molecular flexibility index (Phi) is 3.29. The van der Waals surface area contributed by atoms with Crippen molar-refractivity contribution in [3.63, 3.8) is 0 Å². The zero-order valence-corrected chi connectivity index (χ0v) is 9.44. The third-order valence-corrected chi connectivity index (χ3v) is 2.65. The van der Waals surface area contributed by atoms with E-state index in [9.17, 15) is 0 Å². The van der Waals surface area contributed by atoms with Gasteiger partial charge < -0.3 is 15.8 Å². The minimum absolute atomic E-state index is 0.382. The van der Waals surface area contributed by atoms with E-state index in [0.29, 0.717) is 18.5 Å². The van der Waals surface area contributed by atoms with E-state index in [2.05, 4.69) is 22.4 Å². The second-order valence-electron chi connectivity index (χ2n) is 3.81. The van der Waals surface area contributed by atoms with Crippen molar-refractivity contribution in [1.82, 2.24) is 5.32 Å². The van der Waals surface area contributed by atoms with Crippen molar-refractivity contribution in [1.29, 1.82) is 0 Å². The van der Waals surface area contributed by atoms with Crippen molar-refractivity contribution in [3.05, 3.63) is 29.8 Å². The molecule has 16 heavy (non-hydrogen) atoms. The molecule has 0 fully saturated rings. The minimum atomic E-state index is 0.382. The molecule has 4 heteroatoms. The van der Waals surface area contributed by atoms with Gasteiger partial charge in [0.05, 0.1) is 13.2 Å². The number of rotatable bonds is 3. The van der Waals surface area contributed by atoms with Gasteiger partial charge in [-0.2, -0.15) is 0 Å². The first-order valence-electron chi connectivity index (χ1n) is 5.56. The van der Waals surface area contributed by atoms with E-state index in [1.165, 1.54) is 5.56 Å². The van der Waals surface area contributed by atoms with Crippen molar-refractivity contribution < 1.29 is 4.74 Å². The molecule has 0 spiro atoms. The van der Waals surface area contributed by atoms with Crippen molar-refractivity contribution >= 4 is 5.96 Å². The van der Waals surface area contributed by atoms with Crippen LogP contribution in [0.5, 0.6) is 5.75 Å². The van der Waals surface area contributed by atoms with Gasteiger partial charge in [-0.05, 0) is 24.6 Å². The zero-order valence-electron chi connectivity index (χ0n) is 9.44. The van der Waals surface area contributed by atoms with Crippen molar-refractivity contribution in [2.24, 2.45) is 10.7 Å². The third kappa shape index (κ3) is 2.45. The number of nitrogens with zero attached hydrogens (tertiary/aromatic N) is 1. The SMILES string of the molecule is CCOc1cccc(C2CN=C(N)NC2)c1. The van der Waals surface area contributed by atoms with Crippen LogP contribution in [0.3, 0.4) is 0 Å². The third-order valence-electron chi connectivity index (χ3n) is 2.65. The molecule has 86 valence electrons. The molecule has 0 aromatic heterocycles. The van der Waals surface area contributed by atoms with E-state index in [1.807, 2.05) is 19.1 Å². The fourth-order valence-corrected chi connectivity index (χ4v) is 1.80. The van der Waals surface area contributed by atoms with Gasteiger partial charge in [-0.25, -0.2) is 0 Å². The van der Waals surface area contributed by atoms with Gasteiger partial charge in [0.25, 0.3) is 0 Å². The topological polar surface area (TPSA) is 59.6 Å². The fourth-order valence-electron chi connectivity index (χ4n) is 1.80. The summed E-state index contributed by atoms with van der Waals surface area (Å²) in [6, 6.07) is 8.17. The fraction of sp³-hybridized carbons (Fsp3) is 0.417. The number of nitrogens with two attached hydrogens (primary N) is 1. The van der Waals surface area contributed by atoms with Crippen LogP contribution in [-0.4, -0.2) is 25.7 Å². The van der Waals surface area contributed by atoms with Gasteiger partial charge in [-0.3, -0.25) is 4.99 Å². The molecule has 1 aromatic carbocycles. The number of hydrogen-bond acceptors (Lipinski definition) is 4. The number of aliphatic imine (C=N–C) groups is 1. The van der Waals surface area contributed by atoms with Gasteiger partial charge in [-0.15, -0.1) is 0 Å². The summed E-state index contributed by atoms with van der Waals surface area (Å²) in [6.45, 7) is 4.26. The van der Waals surface area contributed by atoms with Crippen LogP contribution in [0.15, 0.2) is 29.3 Å². The Morgan fingerprint density at radius 1 is 1.56 bits per heavy atom. The first kappa shape index (κ1) is 10.8. The Balaban J connectivity index is 2.11. The molecule has 4 nitrogen and oxygen atoms in total. The van der Waals surface area contributed by atoms with Crippen LogP contribution in [0.2, 0.25) is 0 Å². The smallest absolute Gasteiger partial charge is 0.188 e. The lowest BCUT2D eigenvalue weighted by molar-refractivity contribution is 0.339. The second kappa shape index (κ2) is 4.88. The summed E-state index contributed by atoms with van der Waals surface area (Å²) in [4.78, 5) is 4.21. The summed E-state index contributed by atoms with van der Waals surface area (Å²) < 4.78 is 5.48. The maximum atomic E-state index is 5.57. The first-order chi connectivity index (χ1) is 7.79. The lowest BCUT2D eigenvalue weighted by atomic mass is 9.98. The second-order valence-corrected chi connectivity index (χ2v) is 3.81. The summed E-state index contributed by atoms with van der Waals surface area (Å²) in [5.74, 6) is 1.84. The quantitative estimate of drug-likeness (QED) is 0.800. The molecular formula is C12H17N3O. The molecule has 1 atom stereocenters. The van der Waals surface area contributed by atoms with E-state index >= 15 is 0 Å². The molecule has 1 aliphatic heterocycles. The van der Waals surface area contributed by atoms with Crippen molar-refractivity contribution in [2.75, 3.05) is 19.7 Å². The summed E-state index contributed by atoms with van der Waals surface area (Å²) in [5.41, 5.74) is 6.81. The highest BCUT2D eigenvalue weighted by molar-refractivity contribution is 5.78. The first-order valence-corrected chi connectivity index (χ1v) is 5.56. The lowest BCUT2D eigenvalue weighted by Crippen LogP contribution is -2.39. The van der Waals surface area contributed by atoms with E-state index in [4.69, 9.17) is 10.5 Å². The Bertz CT molecular complexity index is 390. The van der Waals surface area contributed by atoms with Crippen LogP contribution in [-0.2, 0) is 0 Å². The van der Waals surface area contributed by atoms with E-state index in [1.54, 1.807) is 0 Å². The molecule has 1 aromatic rings. The van der Waals surface area contributed by atoms with Crippen LogP contribution in [0, 0.1) is 0 Å². The molecule has 2 rings (SSSR count). The predicted octanol–water partition coefficient (Wildman–Crippen LogP) is 1.09. The largest absolute Gasteiger partial charge is 0.494 e. The van der Waals surface area contributed by atoms with Crippen LogP contribution in [0.1, 0.15) is 18.4 Å². The van der Waals surface area contributed by atoms with Gasteiger partial charge in [0.15, 0.2) is 5.96 Å². The zero-order chi connectivity index (χ0) is 11.4. The number of benzene rings is 1.